The van der Waals surface area contributed by atoms with Crippen molar-refractivity contribution < 1.29 is 4.79 Å². The molecule has 1 aromatic heterocycles. The Hall–Kier alpha value is -3.67. The number of rotatable bonds is 1. The van der Waals surface area contributed by atoms with Crippen LogP contribution in [0.15, 0.2) is 58.9 Å². The van der Waals surface area contributed by atoms with E-state index in [9.17, 15) is 9.59 Å². The molecule has 0 fully saturated rings. The molecular formula is C21H16N4O2. The average Bonchev–Trinajstić information content (AvgIpc) is 2.93. The Morgan fingerprint density at radius 1 is 1.00 bits per heavy atom. The number of Topliss-reactive ketones (excluding diaryl/α,β-unsaturated/α-hetero) is 1. The molecule has 132 valence electrons. The molecule has 0 spiro atoms. The van der Waals surface area contributed by atoms with Crippen molar-refractivity contribution in [1.29, 1.82) is 0 Å². The Morgan fingerprint density at radius 2 is 1.70 bits per heavy atom. The van der Waals surface area contributed by atoms with Crippen LogP contribution in [-0.4, -0.2) is 15.8 Å². The van der Waals surface area contributed by atoms with E-state index in [1.807, 2.05) is 49.4 Å². The molecular weight excluding hydrogens is 340 g/mol. The normalized spacial score (nSPS) is 17.2. The van der Waals surface area contributed by atoms with Gasteiger partial charge in [-0.15, -0.1) is 0 Å². The SMILES string of the molecule is Cc1ccc(C2C3=C(Nc4nc(N)[nH]c(=O)c42)c2ccccc2C3=O)cc1. The van der Waals surface area contributed by atoms with Crippen LogP contribution < -0.4 is 16.6 Å². The molecule has 1 aliphatic carbocycles. The number of carbonyl (C=O) groups is 1. The Kier molecular flexibility index (Phi) is 3.12. The minimum atomic E-state index is -0.506. The molecule has 2 aliphatic rings. The van der Waals surface area contributed by atoms with E-state index in [0.717, 1.165) is 16.7 Å². The van der Waals surface area contributed by atoms with Crippen LogP contribution in [0.5, 0.6) is 0 Å². The van der Waals surface area contributed by atoms with Gasteiger partial charge >= 0.3 is 0 Å². The highest BCUT2D eigenvalue weighted by atomic mass is 16.1. The van der Waals surface area contributed by atoms with E-state index in [0.29, 0.717) is 28.2 Å². The summed E-state index contributed by atoms with van der Waals surface area (Å²) in [5, 5.41) is 3.19. The van der Waals surface area contributed by atoms with Crippen LogP contribution in [0.1, 0.15) is 38.5 Å². The summed E-state index contributed by atoms with van der Waals surface area (Å²) in [5.41, 5.74) is 10.5. The molecule has 27 heavy (non-hydrogen) atoms. The maximum absolute atomic E-state index is 13.2. The van der Waals surface area contributed by atoms with Gasteiger partial charge in [-0.2, -0.15) is 4.98 Å². The number of hydrogen-bond acceptors (Lipinski definition) is 5. The summed E-state index contributed by atoms with van der Waals surface area (Å²) < 4.78 is 0. The Labute approximate surface area is 154 Å². The number of anilines is 2. The summed E-state index contributed by atoms with van der Waals surface area (Å²) in [6.45, 7) is 2.00. The van der Waals surface area contributed by atoms with Gasteiger partial charge in [-0.1, -0.05) is 54.1 Å². The fourth-order valence-corrected chi connectivity index (χ4v) is 3.93. The van der Waals surface area contributed by atoms with Crippen LogP contribution in [0, 0.1) is 6.92 Å². The van der Waals surface area contributed by atoms with E-state index in [1.54, 1.807) is 6.07 Å². The topological polar surface area (TPSA) is 101 Å². The number of aromatic amines is 1. The third-order valence-electron chi connectivity index (χ3n) is 5.16. The van der Waals surface area contributed by atoms with Gasteiger partial charge in [0.1, 0.15) is 5.82 Å². The van der Waals surface area contributed by atoms with Gasteiger partial charge in [0, 0.05) is 22.6 Å². The Balaban J connectivity index is 1.83. The molecule has 4 N–H and O–H groups in total. The van der Waals surface area contributed by atoms with E-state index >= 15 is 0 Å². The van der Waals surface area contributed by atoms with Gasteiger partial charge in [-0.3, -0.25) is 14.6 Å². The van der Waals surface area contributed by atoms with Crippen molar-refractivity contribution in [3.05, 3.63) is 92.3 Å². The average molecular weight is 356 g/mol. The first-order valence-electron chi connectivity index (χ1n) is 8.66. The molecule has 0 radical (unpaired) electrons. The highest BCUT2D eigenvalue weighted by Crippen LogP contribution is 2.47. The molecule has 1 atom stereocenters. The number of aryl methyl sites for hydroxylation is 1. The predicted molar refractivity (Wildman–Crippen MR) is 104 cm³/mol. The molecule has 6 heteroatoms. The summed E-state index contributed by atoms with van der Waals surface area (Å²) in [6.07, 6.45) is 0. The van der Waals surface area contributed by atoms with Crippen LogP contribution in [-0.2, 0) is 0 Å². The minimum absolute atomic E-state index is 0.0376. The summed E-state index contributed by atoms with van der Waals surface area (Å²) in [6, 6.07) is 15.3. The quantitative estimate of drug-likeness (QED) is 0.622. The minimum Gasteiger partial charge on any atom is -0.369 e. The second-order valence-electron chi connectivity index (χ2n) is 6.85. The van der Waals surface area contributed by atoms with E-state index < -0.39 is 5.92 Å². The van der Waals surface area contributed by atoms with Crippen LogP contribution in [0.2, 0.25) is 0 Å². The number of benzene rings is 2. The van der Waals surface area contributed by atoms with Crippen molar-refractivity contribution in [2.75, 3.05) is 11.1 Å². The van der Waals surface area contributed by atoms with E-state index in [-0.39, 0.29) is 17.3 Å². The summed E-state index contributed by atoms with van der Waals surface area (Å²) >= 11 is 0. The van der Waals surface area contributed by atoms with E-state index in [1.165, 1.54) is 0 Å². The molecule has 1 aliphatic heterocycles. The first kappa shape index (κ1) is 15.6. The number of nitrogens with zero attached hydrogens (tertiary/aromatic N) is 1. The van der Waals surface area contributed by atoms with Crippen molar-refractivity contribution in [1.82, 2.24) is 9.97 Å². The monoisotopic (exact) mass is 356 g/mol. The maximum Gasteiger partial charge on any atom is 0.258 e. The van der Waals surface area contributed by atoms with Crippen LogP contribution in [0.4, 0.5) is 11.8 Å². The molecule has 1 unspecified atom stereocenters. The van der Waals surface area contributed by atoms with Gasteiger partial charge < -0.3 is 11.1 Å². The lowest BCUT2D eigenvalue weighted by Gasteiger charge is -2.27. The number of carbonyl (C=O) groups excluding carboxylic acids is 1. The zero-order chi connectivity index (χ0) is 18.7. The molecule has 3 aromatic rings. The molecule has 0 saturated carbocycles. The molecule has 2 heterocycles. The number of hydrogen-bond donors (Lipinski definition) is 3. The van der Waals surface area contributed by atoms with Gasteiger partial charge in [-0.25, -0.2) is 0 Å². The van der Waals surface area contributed by atoms with Crippen LogP contribution in [0.3, 0.4) is 0 Å². The highest BCUT2D eigenvalue weighted by Gasteiger charge is 2.41. The van der Waals surface area contributed by atoms with Crippen molar-refractivity contribution in [3.63, 3.8) is 0 Å². The smallest absolute Gasteiger partial charge is 0.258 e. The first-order chi connectivity index (χ1) is 13.0. The van der Waals surface area contributed by atoms with Crippen LogP contribution in [0.25, 0.3) is 5.70 Å². The predicted octanol–water partition coefficient (Wildman–Crippen LogP) is 2.83. The second-order valence-corrected chi connectivity index (χ2v) is 6.85. The van der Waals surface area contributed by atoms with Crippen molar-refractivity contribution >= 4 is 23.2 Å². The summed E-state index contributed by atoms with van der Waals surface area (Å²) in [4.78, 5) is 32.8. The molecule has 0 saturated heterocycles. The number of fused-ring (bicyclic) bond motifs is 3. The maximum atomic E-state index is 13.2. The zero-order valence-electron chi connectivity index (χ0n) is 14.5. The number of allylic oxidation sites excluding steroid dienone is 1. The fraction of sp³-hybridized carbons (Fsp3) is 0.0952. The lowest BCUT2D eigenvalue weighted by Crippen LogP contribution is -2.28. The Bertz CT molecular complexity index is 1210. The first-order valence-corrected chi connectivity index (χ1v) is 8.66. The summed E-state index contributed by atoms with van der Waals surface area (Å²) in [5.74, 6) is -0.144. The van der Waals surface area contributed by atoms with Gasteiger partial charge in [0.2, 0.25) is 5.95 Å². The number of aromatic nitrogens is 2. The fourth-order valence-electron chi connectivity index (χ4n) is 3.93. The zero-order valence-corrected chi connectivity index (χ0v) is 14.5. The second kappa shape index (κ2) is 5.41. The molecule has 2 aromatic carbocycles. The number of nitrogens with two attached hydrogens (primary N) is 1. The largest absolute Gasteiger partial charge is 0.369 e. The Morgan fingerprint density at radius 3 is 2.44 bits per heavy atom. The van der Waals surface area contributed by atoms with Crippen molar-refractivity contribution in [3.8, 4) is 0 Å². The van der Waals surface area contributed by atoms with E-state index in [2.05, 4.69) is 15.3 Å². The molecule has 5 rings (SSSR count). The van der Waals surface area contributed by atoms with Crippen molar-refractivity contribution in [2.45, 2.75) is 12.8 Å². The lowest BCUT2D eigenvalue weighted by atomic mass is 9.81. The third-order valence-corrected chi connectivity index (χ3v) is 5.16. The van der Waals surface area contributed by atoms with Crippen LogP contribution >= 0.6 is 0 Å². The lowest BCUT2D eigenvalue weighted by molar-refractivity contribution is 0.103. The molecule has 6 nitrogen and oxygen atoms in total. The molecule has 0 amide bonds. The van der Waals surface area contributed by atoms with Gasteiger partial charge in [0.15, 0.2) is 5.78 Å². The summed E-state index contributed by atoms with van der Waals surface area (Å²) in [7, 11) is 0. The van der Waals surface area contributed by atoms with Crippen molar-refractivity contribution in [2.24, 2.45) is 0 Å². The number of H-pyrrole nitrogens is 1. The van der Waals surface area contributed by atoms with Gasteiger partial charge in [0.05, 0.1) is 11.3 Å². The van der Waals surface area contributed by atoms with Gasteiger partial charge in [0.25, 0.3) is 5.56 Å². The molecule has 0 bridgehead atoms. The third kappa shape index (κ3) is 2.16. The number of nitrogens with one attached hydrogen (secondary N) is 2. The standard InChI is InChI=1S/C21H16N4O2/c1-10-6-8-11(9-7-10)14-15-17(12-4-2-3-5-13(12)18(15)26)23-19-16(14)20(27)25-21(22)24-19/h2-9,14H,1H3,(H4,22,23,24,25,27). The van der Waals surface area contributed by atoms with Gasteiger partial charge in [-0.05, 0) is 12.5 Å². The highest BCUT2D eigenvalue weighted by molar-refractivity contribution is 6.23. The number of ketones is 1. The number of nitrogen functional groups attached to an aromatic ring is 1. The van der Waals surface area contributed by atoms with E-state index in [4.69, 9.17) is 5.73 Å².